The summed E-state index contributed by atoms with van der Waals surface area (Å²) in [5, 5.41) is 3.58. The van der Waals surface area contributed by atoms with E-state index in [0.29, 0.717) is 10.7 Å². The van der Waals surface area contributed by atoms with E-state index in [0.717, 1.165) is 35.4 Å². The standard InChI is InChI=1S/C20H23N3OS/c1-4-14-8-7-9-17-18(14)21-20(25-17)22-19(24)15-10-12-16(13-11-15)23(5-2)6-3/h7-13H,4-6H2,1-3H3,(H,21,22,24). The van der Waals surface area contributed by atoms with Crippen molar-refractivity contribution < 1.29 is 4.79 Å². The molecule has 1 N–H and O–H groups in total. The van der Waals surface area contributed by atoms with E-state index in [4.69, 9.17) is 0 Å². The van der Waals surface area contributed by atoms with E-state index in [2.05, 4.69) is 42.0 Å². The van der Waals surface area contributed by atoms with Gasteiger partial charge in [0, 0.05) is 24.3 Å². The molecule has 0 radical (unpaired) electrons. The van der Waals surface area contributed by atoms with Crippen LogP contribution in [0.2, 0.25) is 0 Å². The van der Waals surface area contributed by atoms with Crippen molar-refractivity contribution in [3.63, 3.8) is 0 Å². The molecule has 25 heavy (non-hydrogen) atoms. The summed E-state index contributed by atoms with van der Waals surface area (Å²) in [4.78, 5) is 19.4. The quantitative estimate of drug-likeness (QED) is 0.681. The van der Waals surface area contributed by atoms with E-state index < -0.39 is 0 Å². The molecular weight excluding hydrogens is 330 g/mol. The number of anilines is 2. The molecule has 4 nitrogen and oxygen atoms in total. The lowest BCUT2D eigenvalue weighted by molar-refractivity contribution is 0.102. The fourth-order valence-electron chi connectivity index (χ4n) is 2.93. The van der Waals surface area contributed by atoms with Crippen molar-refractivity contribution in [1.29, 1.82) is 0 Å². The summed E-state index contributed by atoms with van der Waals surface area (Å²) in [6.07, 6.45) is 0.932. The number of thiazole rings is 1. The summed E-state index contributed by atoms with van der Waals surface area (Å²) in [6.45, 7) is 8.27. The Balaban J connectivity index is 1.78. The number of para-hydroxylation sites is 1. The summed E-state index contributed by atoms with van der Waals surface area (Å²) >= 11 is 1.51. The van der Waals surface area contributed by atoms with Gasteiger partial charge in [0.25, 0.3) is 5.91 Å². The average Bonchev–Trinajstić information content (AvgIpc) is 3.05. The first-order valence-electron chi connectivity index (χ1n) is 8.71. The van der Waals surface area contributed by atoms with Crippen LogP contribution in [0.15, 0.2) is 42.5 Å². The Morgan fingerprint density at radius 2 is 1.80 bits per heavy atom. The van der Waals surface area contributed by atoms with Gasteiger partial charge in [0.2, 0.25) is 0 Å². The highest BCUT2D eigenvalue weighted by Gasteiger charge is 2.12. The van der Waals surface area contributed by atoms with Crippen LogP contribution in [-0.4, -0.2) is 24.0 Å². The van der Waals surface area contributed by atoms with E-state index in [1.54, 1.807) is 0 Å². The Morgan fingerprint density at radius 3 is 2.44 bits per heavy atom. The minimum atomic E-state index is -0.122. The lowest BCUT2D eigenvalue weighted by Gasteiger charge is -2.20. The van der Waals surface area contributed by atoms with Gasteiger partial charge in [-0.3, -0.25) is 10.1 Å². The molecule has 3 rings (SSSR count). The second kappa shape index (κ2) is 7.66. The third-order valence-electron chi connectivity index (χ3n) is 4.36. The first-order chi connectivity index (χ1) is 12.2. The van der Waals surface area contributed by atoms with Gasteiger partial charge in [-0.15, -0.1) is 0 Å². The molecule has 0 spiro atoms. The Morgan fingerprint density at radius 1 is 1.08 bits per heavy atom. The van der Waals surface area contributed by atoms with Crippen LogP contribution >= 0.6 is 11.3 Å². The van der Waals surface area contributed by atoms with Gasteiger partial charge in [0.05, 0.1) is 10.2 Å². The maximum Gasteiger partial charge on any atom is 0.257 e. The molecule has 0 fully saturated rings. The van der Waals surface area contributed by atoms with Crippen LogP contribution in [-0.2, 0) is 6.42 Å². The SMILES string of the molecule is CCc1cccc2sc(NC(=O)c3ccc(N(CC)CC)cc3)nc12. The molecule has 0 bridgehead atoms. The van der Waals surface area contributed by atoms with Crippen molar-refractivity contribution in [1.82, 2.24) is 4.98 Å². The molecule has 0 aliphatic rings. The zero-order valence-electron chi connectivity index (χ0n) is 14.9. The van der Waals surface area contributed by atoms with Gasteiger partial charge in [0.15, 0.2) is 5.13 Å². The lowest BCUT2D eigenvalue weighted by atomic mass is 10.1. The van der Waals surface area contributed by atoms with Crippen molar-refractivity contribution in [3.05, 3.63) is 53.6 Å². The monoisotopic (exact) mass is 353 g/mol. The van der Waals surface area contributed by atoms with E-state index in [-0.39, 0.29) is 5.91 Å². The van der Waals surface area contributed by atoms with Crippen molar-refractivity contribution in [2.75, 3.05) is 23.3 Å². The molecule has 2 aromatic carbocycles. The second-order valence-electron chi connectivity index (χ2n) is 5.81. The van der Waals surface area contributed by atoms with E-state index in [9.17, 15) is 4.79 Å². The minimum Gasteiger partial charge on any atom is -0.372 e. The fourth-order valence-corrected chi connectivity index (χ4v) is 3.83. The third-order valence-corrected chi connectivity index (χ3v) is 5.30. The highest BCUT2D eigenvalue weighted by Crippen LogP contribution is 2.29. The number of hydrogen-bond donors (Lipinski definition) is 1. The maximum absolute atomic E-state index is 12.5. The second-order valence-corrected chi connectivity index (χ2v) is 6.84. The van der Waals surface area contributed by atoms with Crippen LogP contribution in [0.1, 0.15) is 36.7 Å². The molecule has 3 aromatic rings. The van der Waals surface area contributed by atoms with Gasteiger partial charge in [-0.25, -0.2) is 4.98 Å². The largest absolute Gasteiger partial charge is 0.372 e. The number of carbonyl (C=O) groups is 1. The molecule has 5 heteroatoms. The Kier molecular flexibility index (Phi) is 5.34. The van der Waals surface area contributed by atoms with Crippen LogP contribution in [0.25, 0.3) is 10.2 Å². The lowest BCUT2D eigenvalue weighted by Crippen LogP contribution is -2.21. The van der Waals surface area contributed by atoms with Crippen molar-refractivity contribution >= 4 is 38.3 Å². The number of aryl methyl sites for hydroxylation is 1. The number of rotatable bonds is 6. The topological polar surface area (TPSA) is 45.2 Å². The summed E-state index contributed by atoms with van der Waals surface area (Å²) < 4.78 is 1.10. The normalized spacial score (nSPS) is 10.8. The number of nitrogens with one attached hydrogen (secondary N) is 1. The first kappa shape index (κ1) is 17.4. The molecule has 1 aromatic heterocycles. The minimum absolute atomic E-state index is 0.122. The maximum atomic E-state index is 12.5. The van der Waals surface area contributed by atoms with E-state index in [1.807, 2.05) is 36.4 Å². The van der Waals surface area contributed by atoms with Gasteiger partial charge in [0.1, 0.15) is 0 Å². The highest BCUT2D eigenvalue weighted by molar-refractivity contribution is 7.22. The first-order valence-corrected chi connectivity index (χ1v) is 9.52. The highest BCUT2D eigenvalue weighted by atomic mass is 32.1. The molecule has 0 unspecified atom stereocenters. The zero-order valence-corrected chi connectivity index (χ0v) is 15.7. The van der Waals surface area contributed by atoms with E-state index in [1.165, 1.54) is 16.9 Å². The Hall–Kier alpha value is -2.40. The fraction of sp³-hybridized carbons (Fsp3) is 0.300. The van der Waals surface area contributed by atoms with Crippen LogP contribution in [0.3, 0.4) is 0 Å². The summed E-state index contributed by atoms with van der Waals surface area (Å²) in [7, 11) is 0. The molecule has 1 heterocycles. The van der Waals surface area contributed by atoms with Crippen LogP contribution in [0, 0.1) is 0 Å². The number of hydrogen-bond acceptors (Lipinski definition) is 4. The third kappa shape index (κ3) is 3.66. The number of aromatic nitrogens is 1. The van der Waals surface area contributed by atoms with Gasteiger partial charge >= 0.3 is 0 Å². The summed E-state index contributed by atoms with van der Waals surface area (Å²) in [5.41, 5.74) is 3.97. The molecule has 0 aliphatic carbocycles. The van der Waals surface area contributed by atoms with Gasteiger partial charge in [-0.05, 0) is 56.2 Å². The summed E-state index contributed by atoms with van der Waals surface area (Å²) in [6, 6.07) is 13.9. The van der Waals surface area contributed by atoms with Gasteiger partial charge in [-0.2, -0.15) is 0 Å². The smallest absolute Gasteiger partial charge is 0.257 e. The molecular formula is C20H23N3OS. The van der Waals surface area contributed by atoms with Crippen molar-refractivity contribution in [3.8, 4) is 0 Å². The molecule has 0 aliphatic heterocycles. The zero-order chi connectivity index (χ0) is 17.8. The molecule has 0 saturated carbocycles. The number of carbonyl (C=O) groups excluding carboxylic acids is 1. The number of nitrogens with zero attached hydrogens (tertiary/aromatic N) is 2. The van der Waals surface area contributed by atoms with Gasteiger partial charge < -0.3 is 4.90 Å². The van der Waals surface area contributed by atoms with Gasteiger partial charge in [-0.1, -0.05) is 30.4 Å². The van der Waals surface area contributed by atoms with Crippen LogP contribution < -0.4 is 10.2 Å². The molecule has 0 atom stereocenters. The molecule has 1 amide bonds. The Labute approximate surface area is 152 Å². The number of benzene rings is 2. The Bertz CT molecular complexity index is 866. The summed E-state index contributed by atoms with van der Waals surface area (Å²) in [5.74, 6) is -0.122. The molecule has 130 valence electrons. The van der Waals surface area contributed by atoms with E-state index >= 15 is 0 Å². The number of fused-ring (bicyclic) bond motifs is 1. The van der Waals surface area contributed by atoms with Crippen molar-refractivity contribution in [2.24, 2.45) is 0 Å². The molecule has 0 saturated heterocycles. The van der Waals surface area contributed by atoms with Crippen LogP contribution in [0.4, 0.5) is 10.8 Å². The predicted octanol–water partition coefficient (Wildman–Crippen LogP) is 4.96. The average molecular weight is 353 g/mol. The predicted molar refractivity (Wildman–Crippen MR) is 107 cm³/mol. The van der Waals surface area contributed by atoms with Crippen LogP contribution in [0.5, 0.6) is 0 Å². The number of amides is 1. The van der Waals surface area contributed by atoms with Crippen molar-refractivity contribution in [2.45, 2.75) is 27.2 Å².